The molecule has 106 valence electrons. The lowest BCUT2D eigenvalue weighted by Crippen LogP contribution is -2.16. The quantitative estimate of drug-likeness (QED) is 0.751. The van der Waals surface area contributed by atoms with Crippen molar-refractivity contribution in [3.05, 3.63) is 36.5 Å². The van der Waals surface area contributed by atoms with E-state index in [2.05, 4.69) is 44.8 Å². The normalized spacial score (nSPS) is 10.6. The van der Waals surface area contributed by atoms with Gasteiger partial charge in [0.2, 0.25) is 5.95 Å². The van der Waals surface area contributed by atoms with Gasteiger partial charge in [0.1, 0.15) is 0 Å². The van der Waals surface area contributed by atoms with Crippen LogP contribution in [0.2, 0.25) is 0 Å². The highest BCUT2D eigenvalue weighted by molar-refractivity contribution is 5.53. The molecule has 0 amide bonds. The fraction of sp³-hybridized carbons (Fsp3) is 0.357. The monoisotopic (exact) mass is 272 g/mol. The van der Waals surface area contributed by atoms with Gasteiger partial charge in [0.25, 0.3) is 0 Å². The minimum Gasteiger partial charge on any atom is -0.369 e. The molecule has 2 rings (SSSR count). The lowest BCUT2D eigenvalue weighted by atomic mass is 10.3. The number of anilines is 3. The summed E-state index contributed by atoms with van der Waals surface area (Å²) in [7, 11) is 4.13. The second-order valence-electron chi connectivity index (χ2n) is 4.74. The van der Waals surface area contributed by atoms with Crippen LogP contribution in [0.1, 0.15) is 6.42 Å². The number of aromatic nitrogens is 3. The lowest BCUT2D eigenvalue weighted by Gasteiger charge is -2.10. The van der Waals surface area contributed by atoms with Crippen LogP contribution in [-0.4, -0.2) is 47.3 Å². The first-order valence-electron chi connectivity index (χ1n) is 6.64. The van der Waals surface area contributed by atoms with Gasteiger partial charge in [-0.25, -0.2) is 0 Å². The van der Waals surface area contributed by atoms with Gasteiger partial charge in [-0.2, -0.15) is 10.1 Å². The number of hydrogen-bond acceptors (Lipinski definition) is 6. The van der Waals surface area contributed by atoms with Crippen molar-refractivity contribution in [3.63, 3.8) is 0 Å². The van der Waals surface area contributed by atoms with Crippen molar-refractivity contribution in [1.29, 1.82) is 0 Å². The molecule has 0 saturated heterocycles. The van der Waals surface area contributed by atoms with Gasteiger partial charge in [0.05, 0.1) is 6.20 Å². The predicted molar refractivity (Wildman–Crippen MR) is 81.2 cm³/mol. The Labute approximate surface area is 119 Å². The Morgan fingerprint density at radius 3 is 2.70 bits per heavy atom. The second kappa shape index (κ2) is 7.40. The molecular formula is C14H20N6. The number of benzene rings is 1. The first-order valence-corrected chi connectivity index (χ1v) is 6.64. The van der Waals surface area contributed by atoms with Gasteiger partial charge in [-0.3, -0.25) is 0 Å². The maximum atomic E-state index is 4.38. The fourth-order valence-electron chi connectivity index (χ4n) is 1.70. The van der Waals surface area contributed by atoms with E-state index in [0.717, 1.165) is 31.0 Å². The van der Waals surface area contributed by atoms with E-state index >= 15 is 0 Å². The highest BCUT2D eigenvalue weighted by atomic mass is 15.3. The summed E-state index contributed by atoms with van der Waals surface area (Å²) >= 11 is 0. The van der Waals surface area contributed by atoms with Gasteiger partial charge in [0.15, 0.2) is 5.82 Å². The zero-order chi connectivity index (χ0) is 14.2. The molecule has 6 heteroatoms. The summed E-state index contributed by atoms with van der Waals surface area (Å²) in [6.45, 7) is 1.91. The molecular weight excluding hydrogens is 252 g/mol. The van der Waals surface area contributed by atoms with Gasteiger partial charge in [-0.1, -0.05) is 18.2 Å². The van der Waals surface area contributed by atoms with Crippen LogP contribution in [0.3, 0.4) is 0 Å². The van der Waals surface area contributed by atoms with E-state index in [4.69, 9.17) is 0 Å². The summed E-state index contributed by atoms with van der Waals surface area (Å²) in [4.78, 5) is 6.53. The minimum atomic E-state index is 0.494. The standard InChI is InChI=1S/C14H20N6/c1-20(2)10-6-9-15-13-11-16-19-14(18-13)17-12-7-4-3-5-8-12/h3-5,7-8,11H,6,9-10H2,1-2H3,(H2,15,17,18,19). The Kier molecular flexibility index (Phi) is 5.25. The van der Waals surface area contributed by atoms with Crippen molar-refractivity contribution >= 4 is 17.5 Å². The van der Waals surface area contributed by atoms with Crippen LogP contribution in [0.5, 0.6) is 0 Å². The summed E-state index contributed by atoms with van der Waals surface area (Å²) in [6, 6.07) is 9.80. The van der Waals surface area contributed by atoms with E-state index in [1.54, 1.807) is 6.20 Å². The van der Waals surface area contributed by atoms with Crippen LogP contribution in [-0.2, 0) is 0 Å². The van der Waals surface area contributed by atoms with Crippen LogP contribution in [0, 0.1) is 0 Å². The third-order valence-electron chi connectivity index (χ3n) is 2.68. The van der Waals surface area contributed by atoms with E-state index < -0.39 is 0 Å². The van der Waals surface area contributed by atoms with Crippen molar-refractivity contribution in [3.8, 4) is 0 Å². The summed E-state index contributed by atoms with van der Waals surface area (Å²) in [5.41, 5.74) is 0.944. The molecule has 0 bridgehead atoms. The SMILES string of the molecule is CN(C)CCCNc1cnnc(Nc2ccccc2)n1. The van der Waals surface area contributed by atoms with E-state index in [1.807, 2.05) is 30.3 Å². The molecule has 6 nitrogen and oxygen atoms in total. The van der Waals surface area contributed by atoms with Gasteiger partial charge in [-0.15, -0.1) is 5.10 Å². The van der Waals surface area contributed by atoms with E-state index in [-0.39, 0.29) is 0 Å². The largest absolute Gasteiger partial charge is 0.369 e. The van der Waals surface area contributed by atoms with Crippen LogP contribution < -0.4 is 10.6 Å². The maximum Gasteiger partial charge on any atom is 0.249 e. The Hall–Kier alpha value is -2.21. The van der Waals surface area contributed by atoms with E-state index in [9.17, 15) is 0 Å². The highest BCUT2D eigenvalue weighted by Crippen LogP contribution is 2.12. The Morgan fingerprint density at radius 2 is 1.95 bits per heavy atom. The molecule has 1 heterocycles. The number of nitrogens with zero attached hydrogens (tertiary/aromatic N) is 4. The zero-order valence-electron chi connectivity index (χ0n) is 11.9. The van der Waals surface area contributed by atoms with Gasteiger partial charge in [0, 0.05) is 12.2 Å². The van der Waals surface area contributed by atoms with Crippen LogP contribution >= 0.6 is 0 Å². The maximum absolute atomic E-state index is 4.38. The molecule has 1 aromatic carbocycles. The molecule has 0 radical (unpaired) electrons. The Balaban J connectivity index is 1.88. The van der Waals surface area contributed by atoms with E-state index in [0.29, 0.717) is 5.95 Å². The highest BCUT2D eigenvalue weighted by Gasteiger charge is 2.00. The molecule has 1 aromatic heterocycles. The summed E-state index contributed by atoms with van der Waals surface area (Å²) in [5, 5.41) is 14.3. The number of nitrogens with one attached hydrogen (secondary N) is 2. The number of hydrogen-bond donors (Lipinski definition) is 2. The topological polar surface area (TPSA) is 66.0 Å². The minimum absolute atomic E-state index is 0.494. The fourth-order valence-corrected chi connectivity index (χ4v) is 1.70. The van der Waals surface area contributed by atoms with Crippen molar-refractivity contribution in [2.24, 2.45) is 0 Å². The molecule has 0 aliphatic carbocycles. The third kappa shape index (κ3) is 4.81. The molecule has 0 saturated carbocycles. The van der Waals surface area contributed by atoms with Gasteiger partial charge < -0.3 is 15.5 Å². The molecule has 0 aliphatic heterocycles. The van der Waals surface area contributed by atoms with Crippen molar-refractivity contribution < 1.29 is 0 Å². The molecule has 0 spiro atoms. The predicted octanol–water partition coefficient (Wildman–Crippen LogP) is 1.98. The van der Waals surface area contributed by atoms with Crippen LogP contribution in [0.15, 0.2) is 36.5 Å². The molecule has 0 fully saturated rings. The second-order valence-corrected chi connectivity index (χ2v) is 4.74. The Morgan fingerprint density at radius 1 is 1.15 bits per heavy atom. The first kappa shape index (κ1) is 14.2. The van der Waals surface area contributed by atoms with Crippen molar-refractivity contribution in [1.82, 2.24) is 20.1 Å². The average Bonchev–Trinajstić information content (AvgIpc) is 2.45. The summed E-state index contributed by atoms with van der Waals surface area (Å²) in [5.74, 6) is 1.23. The van der Waals surface area contributed by atoms with Gasteiger partial charge in [-0.05, 0) is 39.2 Å². The van der Waals surface area contributed by atoms with Crippen LogP contribution in [0.25, 0.3) is 0 Å². The zero-order valence-corrected chi connectivity index (χ0v) is 11.9. The molecule has 0 unspecified atom stereocenters. The summed E-state index contributed by atoms with van der Waals surface area (Å²) in [6.07, 6.45) is 2.68. The molecule has 20 heavy (non-hydrogen) atoms. The third-order valence-corrected chi connectivity index (χ3v) is 2.68. The van der Waals surface area contributed by atoms with Gasteiger partial charge >= 0.3 is 0 Å². The molecule has 2 N–H and O–H groups in total. The lowest BCUT2D eigenvalue weighted by molar-refractivity contribution is 0.405. The Bertz CT molecular complexity index is 514. The van der Waals surface area contributed by atoms with E-state index in [1.165, 1.54) is 0 Å². The molecule has 0 atom stereocenters. The van der Waals surface area contributed by atoms with Crippen LogP contribution in [0.4, 0.5) is 17.5 Å². The first-order chi connectivity index (χ1) is 9.74. The molecule has 2 aromatic rings. The average molecular weight is 272 g/mol. The number of para-hydroxylation sites is 1. The van der Waals surface area contributed by atoms with Crippen molar-refractivity contribution in [2.45, 2.75) is 6.42 Å². The smallest absolute Gasteiger partial charge is 0.249 e. The summed E-state index contributed by atoms with van der Waals surface area (Å²) < 4.78 is 0. The van der Waals surface area contributed by atoms with Crippen molar-refractivity contribution in [2.75, 3.05) is 37.8 Å². The molecule has 0 aliphatic rings. The number of rotatable bonds is 7.